The van der Waals surface area contributed by atoms with E-state index in [1.165, 1.54) is 0 Å². The molecule has 0 saturated carbocycles. The summed E-state index contributed by atoms with van der Waals surface area (Å²) < 4.78 is 0. The molecular formula is C21H38N8O8. The number of amides is 4. The Morgan fingerprint density at radius 1 is 0.838 bits per heavy atom. The molecule has 5 unspecified atom stereocenters. The topological polar surface area (TPSA) is 295 Å². The average Bonchev–Trinajstić information content (AvgIpc) is 2.80. The Kier molecular flexibility index (Phi) is 14.9. The molecule has 4 amide bonds. The Balaban J connectivity index is 5.68. The van der Waals surface area contributed by atoms with Crippen LogP contribution in [0.3, 0.4) is 0 Å². The van der Waals surface area contributed by atoms with Crippen molar-refractivity contribution >= 4 is 41.5 Å². The maximum atomic E-state index is 13.0. The first-order valence-electron chi connectivity index (χ1n) is 11.6. The average molecular weight is 531 g/mol. The van der Waals surface area contributed by atoms with Gasteiger partial charge in [-0.25, -0.2) is 4.79 Å². The minimum Gasteiger partial charge on any atom is -0.481 e. The first-order chi connectivity index (χ1) is 17.2. The standard InChI is InChI=1S/C21H38N8O8/c1-3-10(2)16(23)19(35)27-11(5-4-8-26-21(24)25)17(33)29-13(9-14(22)30)18(34)28-12(20(36)37)6-7-15(31)32/h10-13,16H,3-9,23H2,1-2H3,(H2,22,30)(H,27,35)(H,28,34)(H,29,33)(H,31,32)(H,36,37)(H4,24,25,26). The van der Waals surface area contributed by atoms with Gasteiger partial charge in [0.1, 0.15) is 18.1 Å². The van der Waals surface area contributed by atoms with Gasteiger partial charge in [0.05, 0.1) is 12.5 Å². The SMILES string of the molecule is CCC(C)C(N)C(=O)NC(CCCN=C(N)N)C(=O)NC(CC(N)=O)C(=O)NC(CCC(=O)O)C(=O)O. The monoisotopic (exact) mass is 530 g/mol. The highest BCUT2D eigenvalue weighted by Gasteiger charge is 2.31. The van der Waals surface area contributed by atoms with Gasteiger partial charge < -0.3 is 49.1 Å². The van der Waals surface area contributed by atoms with Gasteiger partial charge in [0.2, 0.25) is 23.6 Å². The molecule has 0 aromatic rings. The predicted molar refractivity (Wildman–Crippen MR) is 131 cm³/mol. The Hall–Kier alpha value is -3.95. The fraction of sp³-hybridized carbons (Fsp3) is 0.667. The number of hydrogen-bond acceptors (Lipinski definition) is 8. The predicted octanol–water partition coefficient (Wildman–Crippen LogP) is -3.31. The third kappa shape index (κ3) is 13.6. The van der Waals surface area contributed by atoms with E-state index in [1.807, 2.05) is 6.92 Å². The number of guanidine groups is 1. The van der Waals surface area contributed by atoms with Gasteiger partial charge in [0.25, 0.3) is 0 Å². The maximum Gasteiger partial charge on any atom is 0.326 e. The number of hydrogen-bond donors (Lipinski definition) is 9. The van der Waals surface area contributed by atoms with Gasteiger partial charge in [0, 0.05) is 13.0 Å². The van der Waals surface area contributed by atoms with Crippen molar-refractivity contribution in [3.8, 4) is 0 Å². The molecule has 0 aromatic carbocycles. The van der Waals surface area contributed by atoms with E-state index in [-0.39, 0.29) is 31.3 Å². The molecule has 210 valence electrons. The van der Waals surface area contributed by atoms with Crippen LogP contribution in [0, 0.1) is 5.92 Å². The van der Waals surface area contributed by atoms with E-state index in [2.05, 4.69) is 20.9 Å². The number of carbonyl (C=O) groups excluding carboxylic acids is 4. The molecule has 0 rings (SSSR count). The van der Waals surface area contributed by atoms with Crippen LogP contribution in [0.1, 0.15) is 52.4 Å². The summed E-state index contributed by atoms with van der Waals surface area (Å²) in [5.74, 6) is -6.70. The van der Waals surface area contributed by atoms with Crippen molar-refractivity contribution < 1.29 is 39.0 Å². The summed E-state index contributed by atoms with van der Waals surface area (Å²) in [5, 5.41) is 24.9. The lowest BCUT2D eigenvalue weighted by atomic mass is 9.98. The molecule has 0 spiro atoms. The summed E-state index contributed by atoms with van der Waals surface area (Å²) in [4.78, 5) is 75.8. The smallest absolute Gasteiger partial charge is 0.326 e. The summed E-state index contributed by atoms with van der Waals surface area (Å²) in [6.07, 6.45) is -0.803. The summed E-state index contributed by atoms with van der Waals surface area (Å²) in [6, 6.07) is -5.33. The van der Waals surface area contributed by atoms with Crippen LogP contribution in [0.4, 0.5) is 0 Å². The highest BCUT2D eigenvalue weighted by molar-refractivity contribution is 5.96. The van der Waals surface area contributed by atoms with Crippen LogP contribution in [0.15, 0.2) is 4.99 Å². The number of rotatable bonds is 18. The van der Waals surface area contributed by atoms with Gasteiger partial charge in [-0.1, -0.05) is 20.3 Å². The first kappa shape index (κ1) is 33.0. The van der Waals surface area contributed by atoms with Gasteiger partial charge in [-0.3, -0.25) is 29.0 Å². The van der Waals surface area contributed by atoms with E-state index in [4.69, 9.17) is 28.0 Å². The molecule has 5 atom stereocenters. The fourth-order valence-electron chi connectivity index (χ4n) is 3.03. The minimum atomic E-state index is -1.60. The molecule has 0 aromatic heterocycles. The number of carboxylic acid groups (broad SMARTS) is 2. The second-order valence-corrected chi connectivity index (χ2v) is 8.48. The first-order valence-corrected chi connectivity index (χ1v) is 11.6. The minimum absolute atomic E-state index is 0.0306. The van der Waals surface area contributed by atoms with Crippen LogP contribution < -0.4 is 38.9 Å². The lowest BCUT2D eigenvalue weighted by Crippen LogP contribution is -2.58. The number of carboxylic acids is 2. The van der Waals surface area contributed by atoms with Gasteiger partial charge in [-0.05, 0) is 25.2 Å². The van der Waals surface area contributed by atoms with Gasteiger partial charge in [-0.15, -0.1) is 0 Å². The normalized spacial score (nSPS) is 14.7. The van der Waals surface area contributed by atoms with Crippen molar-refractivity contribution in [1.82, 2.24) is 16.0 Å². The van der Waals surface area contributed by atoms with Crippen LogP contribution in [0.5, 0.6) is 0 Å². The Bertz CT molecular complexity index is 861. The van der Waals surface area contributed by atoms with Crippen molar-refractivity contribution in [2.75, 3.05) is 6.54 Å². The maximum absolute atomic E-state index is 13.0. The van der Waals surface area contributed by atoms with Gasteiger partial charge >= 0.3 is 11.9 Å². The molecule has 0 saturated heterocycles. The molecule has 0 radical (unpaired) electrons. The van der Waals surface area contributed by atoms with Crippen molar-refractivity contribution in [1.29, 1.82) is 0 Å². The molecule has 0 heterocycles. The van der Waals surface area contributed by atoms with E-state index in [9.17, 15) is 33.9 Å². The third-order valence-corrected chi connectivity index (χ3v) is 5.44. The molecular weight excluding hydrogens is 492 g/mol. The molecule has 0 aliphatic heterocycles. The molecule has 0 aliphatic rings. The molecule has 0 fully saturated rings. The van der Waals surface area contributed by atoms with Gasteiger partial charge in [-0.2, -0.15) is 0 Å². The largest absolute Gasteiger partial charge is 0.481 e. The van der Waals surface area contributed by atoms with E-state index in [0.29, 0.717) is 6.42 Å². The number of aliphatic carboxylic acids is 2. The fourth-order valence-corrected chi connectivity index (χ4v) is 3.03. The van der Waals surface area contributed by atoms with Crippen LogP contribution in [0.25, 0.3) is 0 Å². The van der Waals surface area contributed by atoms with Gasteiger partial charge in [0.15, 0.2) is 5.96 Å². The summed E-state index contributed by atoms with van der Waals surface area (Å²) in [5.41, 5.74) is 21.7. The van der Waals surface area contributed by atoms with E-state index in [0.717, 1.165) is 0 Å². The molecule has 16 nitrogen and oxygen atoms in total. The second kappa shape index (κ2) is 16.7. The van der Waals surface area contributed by atoms with Crippen LogP contribution in [-0.2, 0) is 28.8 Å². The number of carbonyl (C=O) groups is 6. The highest BCUT2D eigenvalue weighted by Crippen LogP contribution is 2.08. The zero-order chi connectivity index (χ0) is 28.7. The number of nitrogens with two attached hydrogens (primary N) is 4. The Labute approximate surface area is 214 Å². The molecule has 37 heavy (non-hydrogen) atoms. The molecule has 0 bridgehead atoms. The Morgan fingerprint density at radius 3 is 1.86 bits per heavy atom. The molecule has 13 N–H and O–H groups in total. The van der Waals surface area contributed by atoms with Crippen molar-refractivity contribution in [3.63, 3.8) is 0 Å². The Morgan fingerprint density at radius 2 is 1.38 bits per heavy atom. The third-order valence-electron chi connectivity index (χ3n) is 5.44. The number of primary amides is 1. The summed E-state index contributed by atoms with van der Waals surface area (Å²) in [6.45, 7) is 3.73. The van der Waals surface area contributed by atoms with E-state index in [1.54, 1.807) is 6.92 Å². The van der Waals surface area contributed by atoms with Crippen LogP contribution in [-0.4, -0.2) is 82.5 Å². The quantitative estimate of drug-likeness (QED) is 0.0480. The molecule has 0 aliphatic carbocycles. The zero-order valence-electron chi connectivity index (χ0n) is 20.9. The van der Waals surface area contributed by atoms with E-state index >= 15 is 0 Å². The van der Waals surface area contributed by atoms with Crippen molar-refractivity contribution in [3.05, 3.63) is 0 Å². The van der Waals surface area contributed by atoms with Crippen molar-refractivity contribution in [2.45, 2.75) is 76.5 Å². The van der Waals surface area contributed by atoms with Crippen molar-refractivity contribution in [2.24, 2.45) is 33.8 Å². The van der Waals surface area contributed by atoms with Crippen LogP contribution in [0.2, 0.25) is 0 Å². The van der Waals surface area contributed by atoms with Crippen LogP contribution >= 0.6 is 0 Å². The zero-order valence-corrected chi connectivity index (χ0v) is 20.9. The number of nitrogens with one attached hydrogen (secondary N) is 3. The lowest BCUT2D eigenvalue weighted by Gasteiger charge is -2.25. The highest BCUT2D eigenvalue weighted by atomic mass is 16.4. The number of aliphatic imine (C=N–C) groups is 1. The van der Waals surface area contributed by atoms with E-state index < -0.39 is 79.0 Å². The second-order valence-electron chi connectivity index (χ2n) is 8.48. The molecule has 16 heteroatoms. The lowest BCUT2D eigenvalue weighted by molar-refractivity contribution is -0.143. The number of nitrogens with zero attached hydrogens (tertiary/aromatic N) is 1. The summed E-state index contributed by atoms with van der Waals surface area (Å²) in [7, 11) is 0. The summed E-state index contributed by atoms with van der Waals surface area (Å²) >= 11 is 0.